The summed E-state index contributed by atoms with van der Waals surface area (Å²) in [6.45, 7) is 5.33. The second-order valence-corrected chi connectivity index (χ2v) is 8.32. The number of nitrogens with one attached hydrogen (secondary N) is 2. The lowest BCUT2D eigenvalue weighted by atomic mass is 9.95. The van der Waals surface area contributed by atoms with Crippen molar-refractivity contribution in [2.75, 3.05) is 51.8 Å². The van der Waals surface area contributed by atoms with E-state index < -0.39 is 0 Å². The van der Waals surface area contributed by atoms with Crippen LogP contribution in [0.3, 0.4) is 0 Å². The highest BCUT2D eigenvalue weighted by Crippen LogP contribution is 2.30. The number of aromatic nitrogens is 3. The summed E-state index contributed by atoms with van der Waals surface area (Å²) in [6, 6.07) is 0.240. The SMILES string of the molecule is CNC(=O)c1cn(C2CCCCC2)c2nc(NCCCN3CCOCC3)ncc2c1=O. The van der Waals surface area contributed by atoms with Crippen LogP contribution in [-0.4, -0.2) is 71.8 Å². The minimum absolute atomic E-state index is 0.149. The highest BCUT2D eigenvalue weighted by Gasteiger charge is 2.22. The molecule has 0 radical (unpaired) electrons. The molecular formula is C22H32N6O3. The van der Waals surface area contributed by atoms with E-state index in [1.807, 2.05) is 4.57 Å². The fourth-order valence-electron chi connectivity index (χ4n) is 4.48. The van der Waals surface area contributed by atoms with Crippen molar-refractivity contribution >= 4 is 22.9 Å². The molecule has 1 aliphatic carbocycles. The number of morpholine rings is 1. The zero-order chi connectivity index (χ0) is 21.6. The maximum atomic E-state index is 12.9. The van der Waals surface area contributed by atoms with Gasteiger partial charge in [-0.25, -0.2) is 4.98 Å². The van der Waals surface area contributed by atoms with E-state index in [-0.39, 0.29) is 22.9 Å². The number of anilines is 1. The second-order valence-electron chi connectivity index (χ2n) is 8.32. The van der Waals surface area contributed by atoms with Gasteiger partial charge >= 0.3 is 0 Å². The van der Waals surface area contributed by atoms with Crippen LogP contribution >= 0.6 is 0 Å². The highest BCUT2D eigenvalue weighted by atomic mass is 16.5. The van der Waals surface area contributed by atoms with E-state index in [1.165, 1.54) is 13.5 Å². The van der Waals surface area contributed by atoms with Crippen molar-refractivity contribution in [1.82, 2.24) is 24.8 Å². The lowest BCUT2D eigenvalue weighted by Gasteiger charge is -2.26. The average molecular weight is 429 g/mol. The molecule has 2 N–H and O–H groups in total. The Kier molecular flexibility index (Phi) is 7.14. The van der Waals surface area contributed by atoms with Crippen molar-refractivity contribution < 1.29 is 9.53 Å². The minimum atomic E-state index is -0.373. The summed E-state index contributed by atoms with van der Waals surface area (Å²) in [5.74, 6) is 0.146. The Labute approximate surface area is 182 Å². The normalized spacial score (nSPS) is 18.2. The first-order valence-corrected chi connectivity index (χ1v) is 11.4. The van der Waals surface area contributed by atoms with E-state index in [2.05, 4.69) is 20.5 Å². The second kappa shape index (κ2) is 10.2. The summed E-state index contributed by atoms with van der Waals surface area (Å²) >= 11 is 0. The number of nitrogens with zero attached hydrogens (tertiary/aromatic N) is 4. The van der Waals surface area contributed by atoms with E-state index in [1.54, 1.807) is 12.4 Å². The summed E-state index contributed by atoms with van der Waals surface area (Å²) in [5, 5.41) is 6.27. The highest BCUT2D eigenvalue weighted by molar-refractivity contribution is 5.96. The van der Waals surface area contributed by atoms with Crippen molar-refractivity contribution in [3.05, 3.63) is 28.2 Å². The van der Waals surface area contributed by atoms with Gasteiger partial charge in [-0.1, -0.05) is 19.3 Å². The van der Waals surface area contributed by atoms with E-state index in [0.29, 0.717) is 17.0 Å². The van der Waals surface area contributed by atoms with Gasteiger partial charge in [-0.15, -0.1) is 0 Å². The fourth-order valence-corrected chi connectivity index (χ4v) is 4.48. The molecule has 0 aromatic carbocycles. The van der Waals surface area contributed by atoms with Gasteiger partial charge < -0.3 is 19.9 Å². The first kappa shape index (κ1) is 21.7. The molecule has 0 bridgehead atoms. The van der Waals surface area contributed by atoms with Gasteiger partial charge in [0.2, 0.25) is 11.4 Å². The van der Waals surface area contributed by atoms with Crippen LogP contribution in [0.25, 0.3) is 11.0 Å². The summed E-state index contributed by atoms with van der Waals surface area (Å²) in [5.41, 5.74) is 0.436. The summed E-state index contributed by atoms with van der Waals surface area (Å²) in [6.07, 6.45) is 9.79. The van der Waals surface area contributed by atoms with Crippen molar-refractivity contribution in [1.29, 1.82) is 0 Å². The molecule has 1 aliphatic heterocycles. The Balaban J connectivity index is 1.56. The molecule has 2 fully saturated rings. The molecular weight excluding hydrogens is 396 g/mol. The molecule has 0 spiro atoms. The van der Waals surface area contributed by atoms with Gasteiger partial charge in [0.15, 0.2) is 0 Å². The quantitative estimate of drug-likeness (QED) is 0.649. The summed E-state index contributed by atoms with van der Waals surface area (Å²) in [7, 11) is 1.54. The van der Waals surface area contributed by atoms with Crippen LogP contribution in [0.15, 0.2) is 17.2 Å². The maximum absolute atomic E-state index is 12.9. The molecule has 3 heterocycles. The lowest BCUT2D eigenvalue weighted by molar-refractivity contribution is 0.0378. The Morgan fingerprint density at radius 2 is 2.00 bits per heavy atom. The van der Waals surface area contributed by atoms with Gasteiger partial charge in [0.05, 0.1) is 18.6 Å². The number of ether oxygens (including phenoxy) is 1. The molecule has 2 aromatic rings. The van der Waals surface area contributed by atoms with Crippen molar-refractivity contribution in [3.63, 3.8) is 0 Å². The smallest absolute Gasteiger partial charge is 0.256 e. The van der Waals surface area contributed by atoms with Gasteiger partial charge in [-0.2, -0.15) is 4.98 Å². The van der Waals surface area contributed by atoms with Crippen LogP contribution < -0.4 is 16.1 Å². The molecule has 1 saturated carbocycles. The van der Waals surface area contributed by atoms with Crippen LogP contribution in [0.1, 0.15) is 54.9 Å². The predicted molar refractivity (Wildman–Crippen MR) is 120 cm³/mol. The average Bonchev–Trinajstić information content (AvgIpc) is 2.83. The van der Waals surface area contributed by atoms with Crippen LogP contribution in [-0.2, 0) is 4.74 Å². The molecule has 1 amide bonds. The molecule has 0 unspecified atom stereocenters. The first-order valence-electron chi connectivity index (χ1n) is 11.4. The molecule has 2 aliphatic rings. The van der Waals surface area contributed by atoms with E-state index >= 15 is 0 Å². The number of amides is 1. The Hall–Kier alpha value is -2.52. The van der Waals surface area contributed by atoms with Gasteiger partial charge in [0.25, 0.3) is 5.91 Å². The molecule has 168 valence electrons. The Morgan fingerprint density at radius 3 is 2.74 bits per heavy atom. The summed E-state index contributed by atoms with van der Waals surface area (Å²) in [4.78, 5) is 36.7. The summed E-state index contributed by atoms with van der Waals surface area (Å²) < 4.78 is 7.42. The maximum Gasteiger partial charge on any atom is 0.256 e. The Bertz CT molecular complexity index is 964. The third-order valence-electron chi connectivity index (χ3n) is 6.25. The van der Waals surface area contributed by atoms with E-state index in [9.17, 15) is 9.59 Å². The fraction of sp³-hybridized carbons (Fsp3) is 0.636. The third kappa shape index (κ3) is 5.04. The van der Waals surface area contributed by atoms with E-state index in [0.717, 1.165) is 71.5 Å². The molecule has 9 nitrogen and oxygen atoms in total. The minimum Gasteiger partial charge on any atom is -0.379 e. The van der Waals surface area contributed by atoms with Gasteiger partial charge in [0, 0.05) is 45.1 Å². The van der Waals surface area contributed by atoms with Crippen molar-refractivity contribution in [2.45, 2.75) is 44.6 Å². The van der Waals surface area contributed by atoms with Crippen LogP contribution in [0, 0.1) is 0 Å². The number of hydrogen-bond donors (Lipinski definition) is 2. The molecule has 2 aromatic heterocycles. The van der Waals surface area contributed by atoms with Gasteiger partial charge in [-0.3, -0.25) is 14.5 Å². The first-order chi connectivity index (χ1) is 15.2. The number of carbonyl (C=O) groups is 1. The van der Waals surface area contributed by atoms with Gasteiger partial charge in [0.1, 0.15) is 11.2 Å². The lowest BCUT2D eigenvalue weighted by Crippen LogP contribution is -2.37. The van der Waals surface area contributed by atoms with Crippen molar-refractivity contribution in [2.24, 2.45) is 0 Å². The van der Waals surface area contributed by atoms with Crippen LogP contribution in [0.2, 0.25) is 0 Å². The topological polar surface area (TPSA) is 101 Å². The van der Waals surface area contributed by atoms with Crippen molar-refractivity contribution in [3.8, 4) is 0 Å². The number of fused-ring (bicyclic) bond motifs is 1. The zero-order valence-corrected chi connectivity index (χ0v) is 18.2. The number of pyridine rings is 1. The Morgan fingerprint density at radius 1 is 1.23 bits per heavy atom. The monoisotopic (exact) mass is 428 g/mol. The third-order valence-corrected chi connectivity index (χ3v) is 6.25. The van der Waals surface area contributed by atoms with Crippen LogP contribution in [0.4, 0.5) is 5.95 Å². The zero-order valence-electron chi connectivity index (χ0n) is 18.2. The molecule has 9 heteroatoms. The van der Waals surface area contributed by atoms with Gasteiger partial charge in [-0.05, 0) is 25.8 Å². The van der Waals surface area contributed by atoms with E-state index in [4.69, 9.17) is 9.72 Å². The number of rotatable bonds is 7. The predicted octanol–water partition coefficient (Wildman–Crippen LogP) is 1.79. The molecule has 31 heavy (non-hydrogen) atoms. The largest absolute Gasteiger partial charge is 0.379 e. The number of carbonyl (C=O) groups excluding carboxylic acids is 1. The standard InChI is InChI=1S/C22H32N6O3/c1-23-21(30)18-15-28(16-6-3-2-4-7-16)20-17(19(18)29)14-25-22(26-20)24-8-5-9-27-10-12-31-13-11-27/h14-16H,2-13H2,1H3,(H,23,30)(H,24,25,26). The molecule has 1 saturated heterocycles. The molecule has 4 rings (SSSR count). The van der Waals surface area contributed by atoms with Crippen LogP contribution in [0.5, 0.6) is 0 Å². The molecule has 0 atom stereocenters. The number of hydrogen-bond acceptors (Lipinski definition) is 7.